The number of fused-ring (bicyclic) bond motifs is 5. The van der Waals surface area contributed by atoms with Crippen molar-refractivity contribution in [1.29, 1.82) is 0 Å². The van der Waals surface area contributed by atoms with Crippen LogP contribution >= 0.6 is 23.1 Å². The minimum atomic E-state index is 0.00427. The first-order chi connectivity index (χ1) is 17.4. The Hall–Kier alpha value is -2.12. The maximum absolute atomic E-state index is 14.0. The summed E-state index contributed by atoms with van der Waals surface area (Å²) >= 11 is 3.05. The third kappa shape index (κ3) is 4.32. The maximum atomic E-state index is 14.0. The van der Waals surface area contributed by atoms with Crippen LogP contribution in [-0.4, -0.2) is 27.3 Å². The Morgan fingerprint density at radius 1 is 1.22 bits per heavy atom. The highest BCUT2D eigenvalue weighted by atomic mass is 32.2. The standard InChI is InChI=1S/C29H35N3O2S2/c1-16-8-11-23(17(2)12-16)32-28(34)26-21-6-4-5-7-24(21)36-27(26)31-29(32)35-15-25(33)30-18(3)22-14-19-9-10-20(22)13-19/h8,11-12,18-20,22H,4-7,9-10,13-15H2,1-3H3,(H,30,33). The zero-order valence-corrected chi connectivity index (χ0v) is 23.1. The van der Waals surface area contributed by atoms with Gasteiger partial charge >= 0.3 is 0 Å². The van der Waals surface area contributed by atoms with Crippen LogP contribution in [0.25, 0.3) is 15.9 Å². The summed E-state index contributed by atoms with van der Waals surface area (Å²) < 4.78 is 1.76. The molecular weight excluding hydrogens is 486 g/mol. The van der Waals surface area contributed by atoms with Crippen LogP contribution in [0.1, 0.15) is 67.0 Å². The average molecular weight is 522 g/mol. The highest BCUT2D eigenvalue weighted by molar-refractivity contribution is 7.99. The molecule has 3 aliphatic rings. The van der Waals surface area contributed by atoms with Gasteiger partial charge in [-0.25, -0.2) is 4.98 Å². The van der Waals surface area contributed by atoms with E-state index in [4.69, 9.17) is 4.98 Å². The van der Waals surface area contributed by atoms with Crippen molar-refractivity contribution < 1.29 is 4.79 Å². The van der Waals surface area contributed by atoms with Gasteiger partial charge < -0.3 is 5.32 Å². The molecule has 36 heavy (non-hydrogen) atoms. The maximum Gasteiger partial charge on any atom is 0.267 e. The molecule has 2 fully saturated rings. The van der Waals surface area contributed by atoms with E-state index in [-0.39, 0.29) is 23.3 Å². The summed E-state index contributed by atoms with van der Waals surface area (Å²) in [6.45, 7) is 6.27. The smallest absolute Gasteiger partial charge is 0.267 e. The van der Waals surface area contributed by atoms with Gasteiger partial charge in [0, 0.05) is 10.9 Å². The lowest BCUT2D eigenvalue weighted by molar-refractivity contribution is -0.119. The highest BCUT2D eigenvalue weighted by Gasteiger charge is 2.42. The summed E-state index contributed by atoms with van der Waals surface area (Å²) in [7, 11) is 0. The van der Waals surface area contributed by atoms with E-state index in [2.05, 4.69) is 25.2 Å². The van der Waals surface area contributed by atoms with Gasteiger partial charge in [0.15, 0.2) is 5.16 Å². The SMILES string of the molecule is Cc1ccc(-n2c(SCC(=O)NC(C)C3CC4CCC3C4)nc3sc4c(c3c2=O)CCCC4)c(C)c1. The van der Waals surface area contributed by atoms with Crippen LogP contribution in [0.5, 0.6) is 0 Å². The van der Waals surface area contributed by atoms with E-state index in [0.29, 0.717) is 11.1 Å². The Kier molecular flexibility index (Phi) is 6.49. The van der Waals surface area contributed by atoms with Crippen molar-refractivity contribution in [3.8, 4) is 5.69 Å². The van der Waals surface area contributed by atoms with Crippen molar-refractivity contribution in [2.45, 2.75) is 83.3 Å². The van der Waals surface area contributed by atoms with Crippen LogP contribution in [-0.2, 0) is 17.6 Å². The molecule has 2 heterocycles. The first-order valence-electron chi connectivity index (χ1n) is 13.5. The summed E-state index contributed by atoms with van der Waals surface area (Å²) in [5.74, 6) is 2.55. The Bertz CT molecular complexity index is 1390. The summed E-state index contributed by atoms with van der Waals surface area (Å²) in [6.07, 6.45) is 9.57. The van der Waals surface area contributed by atoms with Gasteiger partial charge in [-0.15, -0.1) is 11.3 Å². The second-order valence-electron chi connectivity index (χ2n) is 11.2. The van der Waals surface area contributed by atoms with E-state index in [1.54, 1.807) is 15.9 Å². The van der Waals surface area contributed by atoms with Crippen LogP contribution < -0.4 is 10.9 Å². The molecule has 0 radical (unpaired) electrons. The number of amides is 1. The van der Waals surface area contributed by atoms with Crippen LogP contribution in [0, 0.1) is 31.6 Å². The molecule has 1 amide bonds. The molecule has 7 heteroatoms. The van der Waals surface area contributed by atoms with Crippen molar-refractivity contribution in [1.82, 2.24) is 14.9 Å². The monoisotopic (exact) mass is 521 g/mol. The third-order valence-corrected chi connectivity index (χ3v) is 10.8. The average Bonchev–Trinajstić information content (AvgIpc) is 3.57. The predicted octanol–water partition coefficient (Wildman–Crippen LogP) is 5.98. The summed E-state index contributed by atoms with van der Waals surface area (Å²) in [4.78, 5) is 34.2. The van der Waals surface area contributed by atoms with E-state index >= 15 is 0 Å². The fraction of sp³-hybridized carbons (Fsp3) is 0.552. The fourth-order valence-electron chi connectivity index (χ4n) is 6.99. The second-order valence-corrected chi connectivity index (χ2v) is 13.2. The number of rotatable bonds is 6. The molecule has 0 saturated heterocycles. The molecule has 2 bridgehead atoms. The zero-order chi connectivity index (χ0) is 25.0. The normalized spacial score (nSPS) is 23.7. The van der Waals surface area contributed by atoms with Gasteiger partial charge in [-0.3, -0.25) is 14.2 Å². The number of thioether (sulfide) groups is 1. The lowest BCUT2D eigenvalue weighted by atomic mass is 9.84. The minimum Gasteiger partial charge on any atom is -0.353 e. The molecule has 4 atom stereocenters. The van der Waals surface area contributed by atoms with Crippen LogP contribution in [0.4, 0.5) is 0 Å². The number of thiophene rings is 1. The highest BCUT2D eigenvalue weighted by Crippen LogP contribution is 2.49. The molecule has 4 unspecified atom stereocenters. The minimum absolute atomic E-state index is 0.00427. The number of carbonyl (C=O) groups excluding carboxylic acids is 1. The Morgan fingerprint density at radius 3 is 2.81 bits per heavy atom. The molecule has 5 nitrogen and oxygen atoms in total. The molecule has 1 aromatic carbocycles. The number of benzene rings is 1. The summed E-state index contributed by atoms with van der Waals surface area (Å²) in [5.41, 5.74) is 4.26. The van der Waals surface area contributed by atoms with Crippen LogP contribution in [0.3, 0.4) is 0 Å². The summed E-state index contributed by atoms with van der Waals surface area (Å²) in [5, 5.41) is 4.67. The van der Waals surface area contributed by atoms with Gasteiger partial charge in [-0.1, -0.05) is 35.9 Å². The zero-order valence-electron chi connectivity index (χ0n) is 21.4. The number of nitrogens with zero attached hydrogens (tertiary/aromatic N) is 2. The van der Waals surface area contributed by atoms with E-state index in [1.807, 2.05) is 19.1 Å². The van der Waals surface area contributed by atoms with Crippen molar-refractivity contribution in [2.75, 3.05) is 5.75 Å². The molecule has 3 aliphatic carbocycles. The Morgan fingerprint density at radius 2 is 2.06 bits per heavy atom. The first kappa shape index (κ1) is 24.2. The molecule has 2 aromatic heterocycles. The van der Waals surface area contributed by atoms with Gasteiger partial charge in [-0.05, 0) is 101 Å². The van der Waals surface area contributed by atoms with Crippen molar-refractivity contribution in [2.24, 2.45) is 17.8 Å². The lowest BCUT2D eigenvalue weighted by Gasteiger charge is -2.28. The Labute approximate surface area is 221 Å². The molecule has 2 saturated carbocycles. The molecule has 6 rings (SSSR count). The number of carbonyl (C=O) groups is 1. The quantitative estimate of drug-likeness (QED) is 0.320. The van der Waals surface area contributed by atoms with Crippen molar-refractivity contribution in [3.05, 3.63) is 50.1 Å². The van der Waals surface area contributed by atoms with Crippen molar-refractivity contribution >= 4 is 39.2 Å². The first-order valence-corrected chi connectivity index (χ1v) is 15.3. The van der Waals surface area contributed by atoms with Gasteiger partial charge in [-0.2, -0.15) is 0 Å². The number of aromatic nitrogens is 2. The number of hydrogen-bond acceptors (Lipinski definition) is 5. The Balaban J connectivity index is 1.31. The van der Waals surface area contributed by atoms with Crippen molar-refractivity contribution in [3.63, 3.8) is 0 Å². The largest absolute Gasteiger partial charge is 0.353 e. The van der Waals surface area contributed by atoms with E-state index < -0.39 is 0 Å². The van der Waals surface area contributed by atoms with Gasteiger partial charge in [0.2, 0.25) is 5.91 Å². The molecule has 0 aliphatic heterocycles. The van der Waals surface area contributed by atoms with Crippen LogP contribution in [0.15, 0.2) is 28.2 Å². The lowest BCUT2D eigenvalue weighted by Crippen LogP contribution is -2.41. The van der Waals surface area contributed by atoms with Crippen LogP contribution in [0.2, 0.25) is 0 Å². The molecule has 3 aromatic rings. The van der Waals surface area contributed by atoms with E-state index in [0.717, 1.165) is 58.1 Å². The number of aryl methyl sites for hydroxylation is 4. The second kappa shape index (κ2) is 9.64. The van der Waals surface area contributed by atoms with E-state index in [1.165, 1.54) is 54.3 Å². The fourth-order valence-corrected chi connectivity index (χ4v) is 9.11. The third-order valence-electron chi connectivity index (χ3n) is 8.71. The molecule has 190 valence electrons. The number of nitrogens with one attached hydrogen (secondary N) is 1. The van der Waals surface area contributed by atoms with Gasteiger partial charge in [0.1, 0.15) is 4.83 Å². The van der Waals surface area contributed by atoms with Gasteiger partial charge in [0.25, 0.3) is 5.56 Å². The number of hydrogen-bond donors (Lipinski definition) is 1. The topological polar surface area (TPSA) is 64.0 Å². The predicted molar refractivity (Wildman–Crippen MR) is 149 cm³/mol. The molecular formula is C29H35N3O2S2. The molecule has 1 N–H and O–H groups in total. The van der Waals surface area contributed by atoms with Gasteiger partial charge in [0.05, 0.1) is 16.8 Å². The van der Waals surface area contributed by atoms with E-state index in [9.17, 15) is 9.59 Å². The summed E-state index contributed by atoms with van der Waals surface area (Å²) in [6, 6.07) is 6.36. The molecule has 0 spiro atoms.